The first kappa shape index (κ1) is 13.3. The molecule has 0 atom stereocenters. The van der Waals surface area contributed by atoms with Crippen molar-refractivity contribution in [2.45, 2.75) is 0 Å². The van der Waals surface area contributed by atoms with Crippen LogP contribution in [0.25, 0.3) is 16.2 Å². The van der Waals surface area contributed by atoms with E-state index < -0.39 is 10.0 Å². The summed E-state index contributed by atoms with van der Waals surface area (Å²) in [4.78, 5) is 5.73. The van der Waals surface area contributed by atoms with E-state index in [-0.39, 0.29) is 0 Å². The van der Waals surface area contributed by atoms with Crippen molar-refractivity contribution in [1.29, 1.82) is 0 Å². The molecule has 3 aromatic rings. The van der Waals surface area contributed by atoms with Crippen LogP contribution in [-0.2, 0) is 0 Å². The molecule has 3 rings (SSSR count). The quantitative estimate of drug-likeness (QED) is 0.619. The van der Waals surface area contributed by atoms with Crippen LogP contribution >= 0.6 is 21.4 Å². The first-order valence-corrected chi connectivity index (χ1v) is 10.0. The van der Waals surface area contributed by atoms with Crippen molar-refractivity contribution in [1.82, 2.24) is 9.38 Å². The molecule has 102 valence electrons. The normalized spacial score (nSPS) is 12.2. The number of hydrogen-bond acceptors (Lipinski definition) is 2. The van der Waals surface area contributed by atoms with Gasteiger partial charge in [-0.25, -0.2) is 4.98 Å². The lowest BCUT2D eigenvalue weighted by Crippen LogP contribution is -1.89. The second-order valence-corrected chi connectivity index (χ2v) is 10.0. The van der Waals surface area contributed by atoms with Gasteiger partial charge in [-0.05, 0) is 29.9 Å². The molecule has 0 N–H and O–H groups in total. The predicted octanol–water partition coefficient (Wildman–Crippen LogP) is 4.07. The van der Waals surface area contributed by atoms with E-state index in [0.29, 0.717) is 0 Å². The summed E-state index contributed by atoms with van der Waals surface area (Å²) in [7, 11) is -0.850. The highest BCUT2D eigenvalue weighted by Crippen LogP contribution is 2.33. The summed E-state index contributed by atoms with van der Waals surface area (Å²) in [6.07, 6.45) is 8.65. The Labute approximate surface area is 124 Å². The zero-order valence-corrected chi connectivity index (χ0v) is 13.4. The van der Waals surface area contributed by atoms with E-state index in [9.17, 15) is 0 Å². The molecule has 0 radical (unpaired) electrons. The average Bonchev–Trinajstić information content (AvgIpc) is 2.97. The molecule has 2 heterocycles. The highest BCUT2D eigenvalue weighted by molar-refractivity contribution is 8.35. The molecule has 0 saturated carbocycles. The van der Waals surface area contributed by atoms with Crippen LogP contribution in [-0.4, -0.2) is 28.2 Å². The molecule has 0 bridgehead atoms. The zero-order valence-electron chi connectivity index (χ0n) is 11.8. The van der Waals surface area contributed by atoms with Gasteiger partial charge in [0.1, 0.15) is 11.4 Å². The second-order valence-electron chi connectivity index (χ2n) is 5.29. The molecule has 0 fully saturated rings. The minimum atomic E-state index is -0.850. The smallest absolute Gasteiger partial charge is 0.195 e. The lowest BCUT2D eigenvalue weighted by molar-refractivity contribution is 1.20. The van der Waals surface area contributed by atoms with Gasteiger partial charge in [0.2, 0.25) is 0 Å². The third-order valence-corrected chi connectivity index (χ3v) is 4.26. The molecule has 0 aliphatic carbocycles. The van der Waals surface area contributed by atoms with Gasteiger partial charge in [0, 0.05) is 17.1 Å². The van der Waals surface area contributed by atoms with Crippen molar-refractivity contribution >= 4 is 26.3 Å². The molecule has 2 nitrogen and oxygen atoms in total. The van der Waals surface area contributed by atoms with E-state index in [4.69, 9.17) is 4.98 Å². The summed E-state index contributed by atoms with van der Waals surface area (Å²) in [5.74, 6) is 3.35. The average molecular weight is 300 g/mol. The first-order valence-electron chi connectivity index (χ1n) is 6.27. The van der Waals surface area contributed by atoms with Gasteiger partial charge in [0.05, 0.1) is 0 Å². The van der Waals surface area contributed by atoms with Crippen LogP contribution in [0.4, 0.5) is 0 Å². The lowest BCUT2D eigenvalue weighted by atomic mass is 10.1. The van der Waals surface area contributed by atoms with Gasteiger partial charge in [0.15, 0.2) is 4.96 Å². The van der Waals surface area contributed by atoms with Gasteiger partial charge in [-0.3, -0.25) is 4.40 Å². The minimum absolute atomic E-state index is 0.850. The fourth-order valence-corrected chi connectivity index (χ4v) is 3.02. The van der Waals surface area contributed by atoms with E-state index in [2.05, 4.69) is 46.5 Å². The molecule has 2 aromatic heterocycles. The number of benzene rings is 1. The standard InChI is InChI=1S/C16H16N2S2/c1-20(2,3)12-9-14-15(13-7-5-4-6-8-13)17-16-18(14)10-11-19-16/h4-8,10-11H,1-3H3. The highest BCUT2D eigenvalue weighted by atomic mass is 32.3. The maximum atomic E-state index is 4.73. The summed E-state index contributed by atoms with van der Waals surface area (Å²) in [6.45, 7) is 0. The van der Waals surface area contributed by atoms with Crippen LogP contribution in [0.15, 0.2) is 41.9 Å². The second kappa shape index (κ2) is 5.01. The SMILES string of the molecule is CS(C)(C)C#Cc1c(-c2ccccc2)nc2sccn12. The first-order chi connectivity index (χ1) is 9.54. The Kier molecular flexibility index (Phi) is 3.33. The Hall–Kier alpha value is -1.70. The molecular formula is C16H16N2S2. The van der Waals surface area contributed by atoms with Crippen LogP contribution in [0.5, 0.6) is 0 Å². The van der Waals surface area contributed by atoms with Gasteiger partial charge in [-0.1, -0.05) is 30.3 Å². The van der Waals surface area contributed by atoms with Crippen molar-refractivity contribution in [3.8, 4) is 22.4 Å². The molecule has 0 saturated heterocycles. The molecule has 0 spiro atoms. The van der Waals surface area contributed by atoms with Gasteiger partial charge >= 0.3 is 0 Å². The molecule has 0 aliphatic heterocycles. The molecular weight excluding hydrogens is 284 g/mol. The van der Waals surface area contributed by atoms with Crippen molar-refractivity contribution in [2.24, 2.45) is 0 Å². The maximum Gasteiger partial charge on any atom is 0.195 e. The molecule has 0 unspecified atom stereocenters. The van der Waals surface area contributed by atoms with Crippen molar-refractivity contribution in [3.63, 3.8) is 0 Å². The number of fused-ring (bicyclic) bond motifs is 1. The van der Waals surface area contributed by atoms with Gasteiger partial charge < -0.3 is 0 Å². The molecule has 1 aromatic carbocycles. The van der Waals surface area contributed by atoms with E-state index in [0.717, 1.165) is 21.9 Å². The monoisotopic (exact) mass is 300 g/mol. The van der Waals surface area contributed by atoms with Crippen LogP contribution in [0, 0.1) is 11.2 Å². The number of imidazole rings is 1. The van der Waals surface area contributed by atoms with E-state index in [1.54, 1.807) is 11.3 Å². The predicted molar refractivity (Wildman–Crippen MR) is 90.7 cm³/mol. The van der Waals surface area contributed by atoms with Crippen molar-refractivity contribution in [3.05, 3.63) is 47.6 Å². The third-order valence-electron chi connectivity index (χ3n) is 2.78. The minimum Gasteiger partial charge on any atom is -0.283 e. The number of aromatic nitrogens is 2. The summed E-state index contributed by atoms with van der Waals surface area (Å²) in [5.41, 5.74) is 3.10. The third kappa shape index (κ3) is 2.60. The Balaban J connectivity index is 2.22. The fraction of sp³-hybridized carbons (Fsp3) is 0.188. The Morgan fingerprint density at radius 3 is 2.60 bits per heavy atom. The number of rotatable bonds is 1. The van der Waals surface area contributed by atoms with E-state index in [1.807, 2.05) is 29.8 Å². The molecule has 4 heteroatoms. The molecule has 0 amide bonds. The number of thiazole rings is 1. The topological polar surface area (TPSA) is 17.3 Å². The Morgan fingerprint density at radius 2 is 1.90 bits per heavy atom. The van der Waals surface area contributed by atoms with Gasteiger partial charge in [-0.2, -0.15) is 10.0 Å². The lowest BCUT2D eigenvalue weighted by Gasteiger charge is -2.14. The van der Waals surface area contributed by atoms with Crippen LogP contribution in [0.3, 0.4) is 0 Å². The largest absolute Gasteiger partial charge is 0.283 e. The zero-order chi connectivity index (χ0) is 14.2. The van der Waals surface area contributed by atoms with Crippen LogP contribution in [0.2, 0.25) is 0 Å². The van der Waals surface area contributed by atoms with Crippen molar-refractivity contribution in [2.75, 3.05) is 18.8 Å². The number of hydrogen-bond donors (Lipinski definition) is 0. The maximum absolute atomic E-state index is 4.73. The number of nitrogens with zero attached hydrogens (tertiary/aromatic N) is 2. The van der Waals surface area contributed by atoms with Gasteiger partial charge in [0.25, 0.3) is 0 Å². The molecule has 0 aliphatic rings. The van der Waals surface area contributed by atoms with Gasteiger partial charge in [-0.15, -0.1) is 11.3 Å². The van der Waals surface area contributed by atoms with E-state index in [1.165, 1.54) is 0 Å². The summed E-state index contributed by atoms with van der Waals surface area (Å²) < 4.78 is 2.09. The summed E-state index contributed by atoms with van der Waals surface area (Å²) >= 11 is 1.64. The Morgan fingerprint density at radius 1 is 1.15 bits per heavy atom. The van der Waals surface area contributed by atoms with Crippen molar-refractivity contribution < 1.29 is 0 Å². The van der Waals surface area contributed by atoms with Crippen LogP contribution in [0.1, 0.15) is 5.69 Å². The highest BCUT2D eigenvalue weighted by Gasteiger charge is 2.13. The summed E-state index contributed by atoms with van der Waals surface area (Å²) in [5, 5.41) is 5.44. The van der Waals surface area contributed by atoms with Crippen LogP contribution < -0.4 is 0 Å². The summed E-state index contributed by atoms with van der Waals surface area (Å²) in [6, 6.07) is 10.3. The Bertz CT molecular complexity index is 796. The molecule has 20 heavy (non-hydrogen) atoms. The van der Waals surface area contributed by atoms with E-state index >= 15 is 0 Å². The fourth-order valence-electron chi connectivity index (χ4n) is 1.90.